The number of anilines is 1. The zero-order chi connectivity index (χ0) is 19.9. The number of amides is 2. The lowest BCUT2D eigenvalue weighted by atomic mass is 9.76. The van der Waals surface area contributed by atoms with E-state index in [-0.39, 0.29) is 23.6 Å². The molecule has 28 heavy (non-hydrogen) atoms. The minimum atomic E-state index is -0.898. The van der Waals surface area contributed by atoms with Crippen LogP contribution in [0, 0.1) is 0 Å². The van der Waals surface area contributed by atoms with Crippen molar-refractivity contribution in [1.29, 1.82) is 0 Å². The van der Waals surface area contributed by atoms with Gasteiger partial charge < -0.3 is 15.2 Å². The van der Waals surface area contributed by atoms with Crippen LogP contribution in [0.15, 0.2) is 18.3 Å². The number of aryl methyl sites for hydroxylation is 1. The first-order chi connectivity index (χ1) is 13.4. The van der Waals surface area contributed by atoms with E-state index in [0.29, 0.717) is 30.2 Å². The van der Waals surface area contributed by atoms with Gasteiger partial charge in [0.25, 0.3) is 5.91 Å². The minimum absolute atomic E-state index is 0.191. The highest BCUT2D eigenvalue weighted by atomic mass is 16.5. The van der Waals surface area contributed by atoms with Gasteiger partial charge in [0.1, 0.15) is 11.8 Å². The van der Waals surface area contributed by atoms with E-state index in [9.17, 15) is 14.7 Å². The van der Waals surface area contributed by atoms with Crippen molar-refractivity contribution in [3.63, 3.8) is 0 Å². The van der Waals surface area contributed by atoms with Crippen LogP contribution >= 0.6 is 0 Å². The number of aromatic nitrogens is 4. The number of ether oxygens (including phenoxy) is 1. The highest BCUT2D eigenvalue weighted by Gasteiger charge is 2.47. The van der Waals surface area contributed by atoms with Crippen LogP contribution in [0.3, 0.4) is 0 Å². The first-order valence-electron chi connectivity index (χ1n) is 9.36. The fraction of sp³-hybridized carbons (Fsp3) is 0.556. The van der Waals surface area contributed by atoms with Crippen molar-refractivity contribution in [2.24, 2.45) is 7.05 Å². The molecule has 150 valence electrons. The number of carbonyl (C=O) groups is 2. The second kappa shape index (κ2) is 6.93. The van der Waals surface area contributed by atoms with E-state index in [2.05, 4.69) is 20.6 Å². The summed E-state index contributed by atoms with van der Waals surface area (Å²) in [7, 11) is 1.69. The Bertz CT molecular complexity index is 886. The van der Waals surface area contributed by atoms with Gasteiger partial charge in [0, 0.05) is 31.3 Å². The molecule has 2 aromatic heterocycles. The smallest absolute Gasteiger partial charge is 0.408 e. The lowest BCUT2D eigenvalue weighted by Gasteiger charge is -2.48. The lowest BCUT2D eigenvalue weighted by molar-refractivity contribution is 0.00378. The van der Waals surface area contributed by atoms with E-state index < -0.39 is 6.09 Å². The Kier molecular flexibility index (Phi) is 4.58. The third kappa shape index (κ3) is 3.24. The van der Waals surface area contributed by atoms with Crippen LogP contribution < -0.4 is 5.32 Å². The first-order valence-corrected chi connectivity index (χ1v) is 9.36. The van der Waals surface area contributed by atoms with Crippen LogP contribution in [-0.2, 0) is 11.8 Å². The molecular weight excluding hydrogens is 364 g/mol. The second-order valence-electron chi connectivity index (χ2n) is 7.72. The van der Waals surface area contributed by atoms with Gasteiger partial charge in [-0.15, -0.1) is 0 Å². The predicted molar refractivity (Wildman–Crippen MR) is 99.0 cm³/mol. The van der Waals surface area contributed by atoms with E-state index in [1.54, 1.807) is 30.3 Å². The Hall–Kier alpha value is -2.88. The zero-order valence-electron chi connectivity index (χ0n) is 15.9. The number of nitrogens with one attached hydrogen (secondary N) is 2. The standard InChI is InChI=1S/C18H24N6O4/c1-18(5-3-6-18)24(17(26)27)11-8-14(28-10-11)12-9-15(22-21-12)20-16(25)13-4-7-19-23(13)2/h4,7,9,11,14H,3,5-6,8,10H2,1-2H3,(H,26,27)(H2,20,21,22,25). The van der Waals surface area contributed by atoms with Crippen molar-refractivity contribution >= 4 is 17.8 Å². The van der Waals surface area contributed by atoms with Crippen molar-refractivity contribution in [2.75, 3.05) is 11.9 Å². The van der Waals surface area contributed by atoms with Crippen molar-refractivity contribution in [1.82, 2.24) is 24.9 Å². The third-order valence-electron chi connectivity index (χ3n) is 5.80. The molecule has 0 radical (unpaired) electrons. The summed E-state index contributed by atoms with van der Waals surface area (Å²) in [6.07, 6.45) is 3.74. The fourth-order valence-corrected chi connectivity index (χ4v) is 4.11. The van der Waals surface area contributed by atoms with E-state index in [0.717, 1.165) is 19.3 Å². The first kappa shape index (κ1) is 18.5. The summed E-state index contributed by atoms with van der Waals surface area (Å²) in [5, 5.41) is 23.4. The number of H-pyrrole nitrogens is 1. The SMILES string of the molecule is Cn1nccc1C(=O)Nc1cc(C2CC(N(C(=O)O)C3(C)CCC3)CO2)[nH]n1. The average Bonchev–Trinajstić information content (AvgIpc) is 3.34. The summed E-state index contributed by atoms with van der Waals surface area (Å²) in [6, 6.07) is 3.15. The van der Waals surface area contributed by atoms with Crippen LogP contribution in [0.2, 0.25) is 0 Å². The largest absolute Gasteiger partial charge is 0.465 e. The van der Waals surface area contributed by atoms with Crippen molar-refractivity contribution in [3.8, 4) is 0 Å². The van der Waals surface area contributed by atoms with Crippen molar-refractivity contribution < 1.29 is 19.4 Å². The average molecular weight is 388 g/mol. The van der Waals surface area contributed by atoms with Gasteiger partial charge >= 0.3 is 6.09 Å². The summed E-state index contributed by atoms with van der Waals surface area (Å²) >= 11 is 0. The number of hydrogen-bond donors (Lipinski definition) is 3. The molecule has 10 heteroatoms. The number of rotatable bonds is 5. The summed E-state index contributed by atoms with van der Waals surface area (Å²) in [5.74, 6) is 0.0764. The quantitative estimate of drug-likeness (QED) is 0.721. The molecule has 1 saturated carbocycles. The fourth-order valence-electron chi connectivity index (χ4n) is 4.11. The van der Waals surface area contributed by atoms with Gasteiger partial charge in [-0.2, -0.15) is 10.2 Å². The van der Waals surface area contributed by atoms with Gasteiger partial charge in [0.15, 0.2) is 5.82 Å². The molecule has 2 aliphatic rings. The molecule has 2 aromatic rings. The number of hydrogen-bond acceptors (Lipinski definition) is 5. The van der Waals surface area contributed by atoms with E-state index in [1.165, 1.54) is 4.68 Å². The Morgan fingerprint density at radius 1 is 1.46 bits per heavy atom. The van der Waals surface area contributed by atoms with Crippen LogP contribution in [-0.4, -0.2) is 60.2 Å². The van der Waals surface area contributed by atoms with Gasteiger partial charge in [-0.25, -0.2) is 4.79 Å². The third-order valence-corrected chi connectivity index (χ3v) is 5.80. The normalized spacial score (nSPS) is 23.2. The van der Waals surface area contributed by atoms with Crippen LogP contribution in [0.1, 0.15) is 54.9 Å². The van der Waals surface area contributed by atoms with E-state index >= 15 is 0 Å². The summed E-state index contributed by atoms with van der Waals surface area (Å²) in [4.78, 5) is 25.7. The molecule has 3 N–H and O–H groups in total. The number of aromatic amines is 1. The monoisotopic (exact) mass is 388 g/mol. The van der Waals surface area contributed by atoms with Crippen LogP contribution in [0.5, 0.6) is 0 Å². The molecule has 0 aromatic carbocycles. The topological polar surface area (TPSA) is 125 Å². The van der Waals surface area contributed by atoms with Gasteiger partial charge in [-0.1, -0.05) is 0 Å². The molecule has 1 aliphatic carbocycles. The van der Waals surface area contributed by atoms with Gasteiger partial charge in [0.2, 0.25) is 0 Å². The van der Waals surface area contributed by atoms with E-state index in [4.69, 9.17) is 4.74 Å². The number of carboxylic acid groups (broad SMARTS) is 1. The van der Waals surface area contributed by atoms with Crippen molar-refractivity contribution in [3.05, 3.63) is 29.7 Å². The Morgan fingerprint density at radius 3 is 2.86 bits per heavy atom. The molecule has 0 bridgehead atoms. The molecule has 2 atom stereocenters. The van der Waals surface area contributed by atoms with Gasteiger partial charge in [-0.05, 0) is 32.3 Å². The minimum Gasteiger partial charge on any atom is -0.465 e. The molecule has 0 spiro atoms. The Labute approximate surface area is 161 Å². The molecular formula is C18H24N6O4. The zero-order valence-corrected chi connectivity index (χ0v) is 15.9. The summed E-state index contributed by atoms with van der Waals surface area (Å²) in [5.41, 5.74) is 0.838. The maximum Gasteiger partial charge on any atom is 0.408 e. The lowest BCUT2D eigenvalue weighted by Crippen LogP contribution is -2.58. The van der Waals surface area contributed by atoms with E-state index in [1.807, 2.05) is 6.92 Å². The highest BCUT2D eigenvalue weighted by molar-refractivity contribution is 6.02. The molecule has 1 aliphatic heterocycles. The molecule has 3 heterocycles. The van der Waals surface area contributed by atoms with Gasteiger partial charge in [0.05, 0.1) is 18.3 Å². The maximum absolute atomic E-state index is 12.3. The molecule has 10 nitrogen and oxygen atoms in total. The number of nitrogens with zero attached hydrogens (tertiary/aromatic N) is 4. The molecule has 4 rings (SSSR count). The second-order valence-corrected chi connectivity index (χ2v) is 7.72. The van der Waals surface area contributed by atoms with Crippen LogP contribution in [0.25, 0.3) is 0 Å². The predicted octanol–water partition coefficient (Wildman–Crippen LogP) is 2.15. The molecule has 2 unspecified atom stereocenters. The molecule has 2 amide bonds. The molecule has 2 fully saturated rings. The Morgan fingerprint density at radius 2 is 2.25 bits per heavy atom. The number of carbonyl (C=O) groups excluding carboxylic acids is 1. The van der Waals surface area contributed by atoms with Gasteiger partial charge in [-0.3, -0.25) is 19.5 Å². The Balaban J connectivity index is 1.41. The summed E-state index contributed by atoms with van der Waals surface area (Å²) in [6.45, 7) is 2.35. The van der Waals surface area contributed by atoms with Crippen molar-refractivity contribution in [2.45, 2.75) is 50.3 Å². The summed E-state index contributed by atoms with van der Waals surface area (Å²) < 4.78 is 7.33. The maximum atomic E-state index is 12.3. The van der Waals surface area contributed by atoms with Crippen LogP contribution in [0.4, 0.5) is 10.6 Å². The molecule has 1 saturated heterocycles. The highest BCUT2D eigenvalue weighted by Crippen LogP contribution is 2.42.